The fourth-order valence-corrected chi connectivity index (χ4v) is 3.36. The van der Waals surface area contributed by atoms with Gasteiger partial charge in [0.2, 0.25) is 0 Å². The lowest BCUT2D eigenvalue weighted by Crippen LogP contribution is -2.37. The van der Waals surface area contributed by atoms with Gasteiger partial charge in [-0.05, 0) is 37.8 Å². The average Bonchev–Trinajstić information content (AvgIpc) is 2.70. The molecule has 1 aliphatic rings. The highest BCUT2D eigenvalue weighted by Crippen LogP contribution is 2.32. The molecule has 0 bridgehead atoms. The van der Waals surface area contributed by atoms with Crippen LogP contribution in [-0.4, -0.2) is 38.4 Å². The van der Waals surface area contributed by atoms with Crippen molar-refractivity contribution in [2.45, 2.75) is 25.3 Å². The summed E-state index contributed by atoms with van der Waals surface area (Å²) in [6.07, 6.45) is 1.97. The Morgan fingerprint density at radius 3 is 1.89 bits per heavy atom. The summed E-state index contributed by atoms with van der Waals surface area (Å²) < 4.78 is 15.0. The van der Waals surface area contributed by atoms with Crippen LogP contribution in [0.5, 0.6) is 0 Å². The van der Waals surface area contributed by atoms with Gasteiger partial charge in [0.25, 0.3) is 0 Å². The third kappa shape index (κ3) is 4.56. The first-order valence-electron chi connectivity index (χ1n) is 8.48. The molecule has 0 amide bonds. The molecule has 8 heteroatoms. The molecule has 7 nitrogen and oxygen atoms in total. The lowest BCUT2D eigenvalue weighted by Gasteiger charge is -2.28. The van der Waals surface area contributed by atoms with Crippen LogP contribution in [0.3, 0.4) is 0 Å². The Labute approximate surface area is 168 Å². The highest BCUT2D eigenvalue weighted by atomic mass is 32.2. The smallest absolute Gasteiger partial charge is 0.336 e. The molecule has 0 saturated heterocycles. The summed E-state index contributed by atoms with van der Waals surface area (Å²) in [5.41, 5.74) is 1.68. The molecule has 0 aromatic heterocycles. The van der Waals surface area contributed by atoms with Crippen LogP contribution in [0.1, 0.15) is 19.4 Å². The van der Waals surface area contributed by atoms with E-state index < -0.39 is 23.8 Å². The van der Waals surface area contributed by atoms with Crippen molar-refractivity contribution in [1.29, 1.82) is 0 Å². The summed E-state index contributed by atoms with van der Waals surface area (Å²) in [4.78, 5) is 38.6. The number of rotatable bonds is 6. The van der Waals surface area contributed by atoms with Crippen LogP contribution < -0.4 is 5.32 Å². The number of dihydropyridines is 1. The van der Waals surface area contributed by atoms with Crippen molar-refractivity contribution in [3.63, 3.8) is 0 Å². The number of thioether (sulfide) groups is 1. The summed E-state index contributed by atoms with van der Waals surface area (Å²) in [6, 6.07) is 7.55. The number of esters is 3. The van der Waals surface area contributed by atoms with Crippen molar-refractivity contribution in [3.8, 4) is 0 Å². The summed E-state index contributed by atoms with van der Waals surface area (Å²) in [5.74, 6) is -3.39. The van der Waals surface area contributed by atoms with E-state index in [4.69, 9.17) is 14.2 Å². The van der Waals surface area contributed by atoms with Crippen molar-refractivity contribution < 1.29 is 28.6 Å². The molecule has 0 radical (unpaired) electrons. The second-order valence-corrected chi connectivity index (χ2v) is 6.95. The molecule has 0 fully saturated rings. The first kappa shape index (κ1) is 21.6. The molecular weight excluding hydrogens is 382 g/mol. The summed E-state index contributed by atoms with van der Waals surface area (Å²) >= 11 is 1.61. The molecular formula is C20H23NO6S. The van der Waals surface area contributed by atoms with Crippen LogP contribution in [0.25, 0.3) is 0 Å². The van der Waals surface area contributed by atoms with E-state index in [2.05, 4.69) is 5.32 Å². The molecule has 0 spiro atoms. The third-order valence-electron chi connectivity index (χ3n) is 4.35. The Bertz CT molecular complexity index is 803. The minimum Gasteiger partial charge on any atom is -0.466 e. The van der Waals surface area contributed by atoms with Gasteiger partial charge in [-0.3, -0.25) is 4.79 Å². The molecule has 2 rings (SSSR count). The maximum Gasteiger partial charge on any atom is 0.336 e. The van der Waals surface area contributed by atoms with Crippen molar-refractivity contribution in [3.05, 3.63) is 52.4 Å². The van der Waals surface area contributed by atoms with Crippen molar-refractivity contribution in [2.24, 2.45) is 5.92 Å². The molecule has 1 aliphatic heterocycles. The first-order chi connectivity index (χ1) is 13.3. The molecule has 0 saturated carbocycles. The molecule has 0 atom stereocenters. The average molecular weight is 405 g/mol. The highest BCUT2D eigenvalue weighted by Gasteiger charge is 2.42. The first-order valence-corrected chi connectivity index (χ1v) is 9.71. The predicted octanol–water partition coefficient (Wildman–Crippen LogP) is 2.57. The number of ether oxygens (including phenoxy) is 3. The van der Waals surface area contributed by atoms with Gasteiger partial charge in [0.1, 0.15) is 12.5 Å². The van der Waals surface area contributed by atoms with Gasteiger partial charge in [0.05, 0.1) is 25.4 Å². The van der Waals surface area contributed by atoms with Crippen LogP contribution in [0, 0.1) is 5.92 Å². The Kier molecular flexibility index (Phi) is 7.28. The molecule has 1 aromatic rings. The van der Waals surface area contributed by atoms with E-state index in [1.807, 2.05) is 30.5 Å². The normalized spacial score (nSPS) is 14.5. The monoisotopic (exact) mass is 405 g/mol. The Morgan fingerprint density at radius 2 is 1.46 bits per heavy atom. The quantitative estimate of drug-likeness (QED) is 0.439. The fourth-order valence-electron chi connectivity index (χ4n) is 2.95. The van der Waals surface area contributed by atoms with Gasteiger partial charge in [-0.25, -0.2) is 9.59 Å². The number of hydrogen-bond acceptors (Lipinski definition) is 8. The Balaban J connectivity index is 2.32. The van der Waals surface area contributed by atoms with Gasteiger partial charge in [-0.1, -0.05) is 12.1 Å². The minimum atomic E-state index is -1.23. The van der Waals surface area contributed by atoms with Crippen molar-refractivity contribution in [2.75, 3.05) is 20.5 Å². The predicted molar refractivity (Wildman–Crippen MR) is 104 cm³/mol. The zero-order valence-electron chi connectivity index (χ0n) is 16.5. The van der Waals surface area contributed by atoms with Gasteiger partial charge in [0, 0.05) is 16.3 Å². The summed E-state index contributed by atoms with van der Waals surface area (Å²) in [6.45, 7) is 3.27. The van der Waals surface area contributed by atoms with E-state index in [-0.39, 0.29) is 17.8 Å². The molecule has 1 N–H and O–H groups in total. The van der Waals surface area contributed by atoms with Gasteiger partial charge in [-0.2, -0.15) is 0 Å². The standard InChI is InChI=1S/C20H23NO6S/c1-11-15(18(22)25-3)17(16(12(2)21-11)19(23)26-4)20(24)27-10-13-6-8-14(28-5)9-7-13/h6-9,17,21H,10H2,1-5H3. The summed E-state index contributed by atoms with van der Waals surface area (Å²) in [5, 5.41) is 2.93. The SMILES string of the molecule is COC(=O)C1=C(C)NC(C)=C(C(=O)OC)C1C(=O)OCc1ccc(SC)cc1. The largest absolute Gasteiger partial charge is 0.466 e. The number of carbonyl (C=O) groups is 3. The number of methoxy groups -OCH3 is 2. The summed E-state index contributed by atoms with van der Waals surface area (Å²) in [7, 11) is 2.42. The van der Waals surface area contributed by atoms with E-state index in [9.17, 15) is 14.4 Å². The lowest BCUT2D eigenvalue weighted by atomic mass is 9.85. The molecule has 0 aliphatic carbocycles. The molecule has 0 unspecified atom stereocenters. The Morgan fingerprint density at radius 1 is 0.964 bits per heavy atom. The molecule has 1 aromatic carbocycles. The zero-order valence-corrected chi connectivity index (χ0v) is 17.3. The number of nitrogens with one attached hydrogen (secondary N) is 1. The van der Waals surface area contributed by atoms with E-state index in [1.165, 1.54) is 14.2 Å². The number of carbonyl (C=O) groups excluding carboxylic acids is 3. The fraction of sp³-hybridized carbons (Fsp3) is 0.350. The van der Waals surface area contributed by atoms with E-state index in [1.54, 1.807) is 25.6 Å². The van der Waals surface area contributed by atoms with Gasteiger partial charge >= 0.3 is 17.9 Å². The third-order valence-corrected chi connectivity index (χ3v) is 5.09. The zero-order chi connectivity index (χ0) is 20.8. The molecule has 1 heterocycles. The number of benzene rings is 1. The van der Waals surface area contributed by atoms with Gasteiger partial charge < -0.3 is 19.5 Å². The van der Waals surface area contributed by atoms with Crippen LogP contribution in [0.4, 0.5) is 0 Å². The van der Waals surface area contributed by atoms with Crippen molar-refractivity contribution >= 4 is 29.7 Å². The van der Waals surface area contributed by atoms with Gasteiger partial charge in [0.15, 0.2) is 0 Å². The van der Waals surface area contributed by atoms with Crippen molar-refractivity contribution in [1.82, 2.24) is 5.32 Å². The molecule has 28 heavy (non-hydrogen) atoms. The Hall–Kier alpha value is -2.74. The maximum absolute atomic E-state index is 12.9. The van der Waals surface area contributed by atoms with E-state index in [0.717, 1.165) is 10.5 Å². The second-order valence-electron chi connectivity index (χ2n) is 6.07. The molecule has 150 valence electrons. The van der Waals surface area contributed by atoms with Crippen LogP contribution in [0.2, 0.25) is 0 Å². The van der Waals surface area contributed by atoms with Crippen LogP contribution in [0.15, 0.2) is 51.7 Å². The van der Waals surface area contributed by atoms with Crippen LogP contribution >= 0.6 is 11.8 Å². The van der Waals surface area contributed by atoms with E-state index in [0.29, 0.717) is 11.4 Å². The lowest BCUT2D eigenvalue weighted by molar-refractivity contribution is -0.152. The number of allylic oxidation sites excluding steroid dienone is 2. The maximum atomic E-state index is 12.9. The van der Waals surface area contributed by atoms with Gasteiger partial charge in [-0.15, -0.1) is 11.8 Å². The highest BCUT2D eigenvalue weighted by molar-refractivity contribution is 7.98. The second kappa shape index (κ2) is 9.45. The minimum absolute atomic E-state index is 0.0123. The van der Waals surface area contributed by atoms with E-state index >= 15 is 0 Å². The number of hydrogen-bond donors (Lipinski definition) is 1. The topological polar surface area (TPSA) is 90.9 Å². The van der Waals surface area contributed by atoms with Crippen LogP contribution in [-0.2, 0) is 35.2 Å².